The van der Waals surface area contributed by atoms with E-state index >= 15 is 0 Å². The molecule has 6 heteroatoms. The highest BCUT2D eigenvalue weighted by Gasteiger charge is 2.19. The van der Waals surface area contributed by atoms with E-state index in [1.807, 2.05) is 51.1 Å². The predicted octanol–water partition coefficient (Wildman–Crippen LogP) is 3.12. The number of carbonyl (C=O) groups excluding carboxylic acids is 2. The first-order valence-electron chi connectivity index (χ1n) is 7.98. The van der Waals surface area contributed by atoms with E-state index in [0.29, 0.717) is 24.0 Å². The van der Waals surface area contributed by atoms with Crippen LogP contribution in [0.15, 0.2) is 36.5 Å². The molecule has 128 valence electrons. The Hall–Kier alpha value is -2.21. The van der Waals surface area contributed by atoms with Gasteiger partial charge in [0.25, 0.3) is 0 Å². The topological polar surface area (TPSA) is 62.3 Å². The molecule has 0 saturated carbocycles. The summed E-state index contributed by atoms with van der Waals surface area (Å²) in [6.45, 7) is 6.59. The Morgan fingerprint density at radius 3 is 2.54 bits per heavy atom. The highest BCUT2D eigenvalue weighted by molar-refractivity contribution is 7.15. The average molecular weight is 345 g/mol. The number of carbonyl (C=O) groups is 2. The number of amides is 2. The highest BCUT2D eigenvalue weighted by atomic mass is 32.1. The van der Waals surface area contributed by atoms with Crippen LogP contribution >= 0.6 is 11.3 Å². The summed E-state index contributed by atoms with van der Waals surface area (Å²) in [5.74, 6) is 0.0337. The Labute approximate surface area is 146 Å². The summed E-state index contributed by atoms with van der Waals surface area (Å²) >= 11 is 1.42. The Bertz CT molecular complexity index is 683. The second kappa shape index (κ2) is 8.59. The number of aryl methyl sites for hydroxylation is 1. The number of nitrogens with zero attached hydrogens (tertiary/aromatic N) is 2. The number of hydrogen-bond donors (Lipinski definition) is 1. The van der Waals surface area contributed by atoms with Crippen LogP contribution in [0.3, 0.4) is 0 Å². The molecule has 0 aliphatic carbocycles. The van der Waals surface area contributed by atoms with Gasteiger partial charge in [-0.05, 0) is 18.4 Å². The zero-order valence-electron chi connectivity index (χ0n) is 14.3. The fraction of sp³-hybridized carbons (Fsp3) is 0.389. The van der Waals surface area contributed by atoms with E-state index < -0.39 is 0 Å². The molecule has 1 N–H and O–H groups in total. The third-order valence-electron chi connectivity index (χ3n) is 3.34. The maximum absolute atomic E-state index is 12.6. The third-order valence-corrected chi connectivity index (χ3v) is 4.17. The van der Waals surface area contributed by atoms with E-state index in [0.717, 1.165) is 10.4 Å². The minimum absolute atomic E-state index is 0.0413. The number of anilines is 1. The van der Waals surface area contributed by atoms with Crippen molar-refractivity contribution in [3.05, 3.63) is 47.0 Å². The van der Waals surface area contributed by atoms with Crippen molar-refractivity contribution < 1.29 is 9.59 Å². The van der Waals surface area contributed by atoms with Crippen molar-refractivity contribution in [2.75, 3.05) is 18.4 Å². The van der Waals surface area contributed by atoms with Gasteiger partial charge in [0.2, 0.25) is 11.8 Å². The summed E-state index contributed by atoms with van der Waals surface area (Å²) in [5, 5.41) is 3.33. The van der Waals surface area contributed by atoms with Crippen molar-refractivity contribution >= 4 is 28.3 Å². The average Bonchev–Trinajstić information content (AvgIpc) is 2.92. The van der Waals surface area contributed by atoms with Crippen LogP contribution in [-0.2, 0) is 16.0 Å². The van der Waals surface area contributed by atoms with Crippen LogP contribution < -0.4 is 5.32 Å². The minimum Gasteiger partial charge on any atom is -0.333 e. The highest BCUT2D eigenvalue weighted by Crippen LogP contribution is 2.16. The summed E-state index contributed by atoms with van der Waals surface area (Å²) in [6, 6.07) is 9.58. The molecule has 1 heterocycles. The van der Waals surface area contributed by atoms with Crippen LogP contribution in [0.25, 0.3) is 0 Å². The van der Waals surface area contributed by atoms with Gasteiger partial charge >= 0.3 is 0 Å². The van der Waals surface area contributed by atoms with Gasteiger partial charge in [-0.3, -0.25) is 9.59 Å². The molecule has 1 aromatic carbocycles. The van der Waals surface area contributed by atoms with Crippen molar-refractivity contribution in [1.82, 2.24) is 9.88 Å². The van der Waals surface area contributed by atoms with Crippen molar-refractivity contribution in [1.29, 1.82) is 0 Å². The Morgan fingerprint density at radius 1 is 1.25 bits per heavy atom. The summed E-state index contributed by atoms with van der Waals surface area (Å²) in [7, 11) is 0. The van der Waals surface area contributed by atoms with Gasteiger partial charge in [0.15, 0.2) is 5.13 Å². The van der Waals surface area contributed by atoms with Crippen LogP contribution in [0, 0.1) is 12.8 Å². The molecule has 2 amide bonds. The lowest BCUT2D eigenvalue weighted by molar-refractivity contribution is -0.134. The third kappa shape index (κ3) is 5.77. The molecule has 0 unspecified atom stereocenters. The van der Waals surface area contributed by atoms with Crippen LogP contribution in [0.5, 0.6) is 0 Å². The summed E-state index contributed by atoms with van der Waals surface area (Å²) in [5.41, 5.74) is 0.951. The van der Waals surface area contributed by atoms with E-state index in [2.05, 4.69) is 10.3 Å². The first-order chi connectivity index (χ1) is 11.4. The Balaban J connectivity index is 1.98. The monoisotopic (exact) mass is 345 g/mol. The first-order valence-corrected chi connectivity index (χ1v) is 8.79. The number of benzene rings is 1. The summed E-state index contributed by atoms with van der Waals surface area (Å²) in [6.07, 6.45) is 2.02. The van der Waals surface area contributed by atoms with E-state index in [9.17, 15) is 9.59 Å². The summed E-state index contributed by atoms with van der Waals surface area (Å²) < 4.78 is 0. The molecular formula is C18H23N3O2S. The smallest absolute Gasteiger partial charge is 0.245 e. The van der Waals surface area contributed by atoms with Gasteiger partial charge in [-0.1, -0.05) is 44.2 Å². The molecule has 0 spiro atoms. The largest absolute Gasteiger partial charge is 0.333 e. The maximum atomic E-state index is 12.6. The quantitative estimate of drug-likeness (QED) is 0.839. The number of thiazole rings is 1. The fourth-order valence-electron chi connectivity index (χ4n) is 2.32. The van der Waals surface area contributed by atoms with Gasteiger partial charge in [-0.2, -0.15) is 0 Å². The van der Waals surface area contributed by atoms with Crippen molar-refractivity contribution in [3.63, 3.8) is 0 Å². The lowest BCUT2D eigenvalue weighted by Crippen LogP contribution is -2.41. The van der Waals surface area contributed by atoms with E-state index in [1.54, 1.807) is 11.1 Å². The van der Waals surface area contributed by atoms with Gasteiger partial charge < -0.3 is 10.2 Å². The molecule has 24 heavy (non-hydrogen) atoms. The second-order valence-corrected chi connectivity index (χ2v) is 7.39. The molecule has 0 aliphatic heterocycles. The zero-order chi connectivity index (χ0) is 17.5. The molecule has 0 radical (unpaired) electrons. The van der Waals surface area contributed by atoms with Crippen LogP contribution in [-0.4, -0.2) is 34.8 Å². The van der Waals surface area contributed by atoms with Gasteiger partial charge in [0.05, 0.1) is 13.0 Å². The van der Waals surface area contributed by atoms with E-state index in [4.69, 9.17) is 0 Å². The number of aromatic nitrogens is 1. The molecule has 2 rings (SSSR count). The van der Waals surface area contributed by atoms with Crippen molar-refractivity contribution in [2.45, 2.75) is 27.2 Å². The maximum Gasteiger partial charge on any atom is 0.245 e. The Kier molecular flexibility index (Phi) is 6.49. The molecule has 1 aromatic heterocycles. The van der Waals surface area contributed by atoms with E-state index in [-0.39, 0.29) is 18.4 Å². The standard InChI is InChI=1S/C18H23N3O2S/c1-13(2)11-21(17(23)9-15-7-5-4-6-8-15)12-16(22)20-18-19-10-14(3)24-18/h4-8,10,13H,9,11-12H2,1-3H3,(H,19,20,22). The summed E-state index contributed by atoms with van der Waals surface area (Å²) in [4.78, 5) is 31.6. The number of hydrogen-bond acceptors (Lipinski definition) is 4. The molecule has 0 aliphatic rings. The number of nitrogens with one attached hydrogen (secondary N) is 1. The predicted molar refractivity (Wildman–Crippen MR) is 97.0 cm³/mol. The second-order valence-electron chi connectivity index (χ2n) is 6.15. The first kappa shape index (κ1) is 18.1. The lowest BCUT2D eigenvalue weighted by Gasteiger charge is -2.24. The molecular weight excluding hydrogens is 322 g/mol. The van der Waals surface area contributed by atoms with Crippen molar-refractivity contribution in [2.24, 2.45) is 5.92 Å². The van der Waals surface area contributed by atoms with Gasteiger partial charge in [-0.15, -0.1) is 11.3 Å². The molecule has 2 aromatic rings. The minimum atomic E-state index is -0.216. The number of rotatable bonds is 7. The van der Waals surface area contributed by atoms with Crippen LogP contribution in [0.1, 0.15) is 24.3 Å². The SMILES string of the molecule is Cc1cnc(NC(=O)CN(CC(C)C)C(=O)Cc2ccccc2)s1. The normalized spacial score (nSPS) is 10.7. The lowest BCUT2D eigenvalue weighted by atomic mass is 10.1. The van der Waals surface area contributed by atoms with Crippen LogP contribution in [0.2, 0.25) is 0 Å². The van der Waals surface area contributed by atoms with Crippen molar-refractivity contribution in [3.8, 4) is 0 Å². The van der Waals surface area contributed by atoms with Gasteiger partial charge in [0, 0.05) is 17.6 Å². The van der Waals surface area contributed by atoms with E-state index in [1.165, 1.54) is 11.3 Å². The molecule has 0 saturated heterocycles. The molecule has 0 atom stereocenters. The zero-order valence-corrected chi connectivity index (χ0v) is 15.1. The fourth-order valence-corrected chi connectivity index (χ4v) is 3.00. The molecule has 5 nitrogen and oxygen atoms in total. The molecule has 0 bridgehead atoms. The Morgan fingerprint density at radius 2 is 1.96 bits per heavy atom. The van der Waals surface area contributed by atoms with Gasteiger partial charge in [-0.25, -0.2) is 4.98 Å². The van der Waals surface area contributed by atoms with Gasteiger partial charge in [0.1, 0.15) is 0 Å². The molecule has 0 fully saturated rings. The van der Waals surface area contributed by atoms with Crippen LogP contribution in [0.4, 0.5) is 5.13 Å².